The summed E-state index contributed by atoms with van der Waals surface area (Å²) in [5.74, 6) is -0.160. The molecule has 0 saturated heterocycles. The fourth-order valence-corrected chi connectivity index (χ4v) is 1.73. The molecule has 0 radical (unpaired) electrons. The molecule has 3 nitrogen and oxygen atoms in total. The van der Waals surface area contributed by atoms with Crippen LogP contribution < -0.4 is 5.32 Å². The molecular formula is C13H13ClN2O. The van der Waals surface area contributed by atoms with Crippen molar-refractivity contribution in [3.05, 3.63) is 52.8 Å². The Kier molecular flexibility index (Phi) is 3.49. The molecule has 17 heavy (non-hydrogen) atoms. The molecule has 2 aromatic rings. The predicted molar refractivity (Wildman–Crippen MR) is 69.6 cm³/mol. The minimum Gasteiger partial charge on any atom is -0.354 e. The van der Waals surface area contributed by atoms with Crippen LogP contribution in [0.4, 0.5) is 5.69 Å². The summed E-state index contributed by atoms with van der Waals surface area (Å²) < 4.78 is 0. The number of H-pyrrole nitrogens is 1. The Morgan fingerprint density at radius 1 is 1.35 bits per heavy atom. The molecule has 88 valence electrons. The topological polar surface area (TPSA) is 44.9 Å². The van der Waals surface area contributed by atoms with Crippen molar-refractivity contribution in [1.29, 1.82) is 0 Å². The second-order valence-corrected chi connectivity index (χ2v) is 4.15. The molecule has 1 aromatic heterocycles. The zero-order chi connectivity index (χ0) is 12.3. The second kappa shape index (κ2) is 5.06. The van der Waals surface area contributed by atoms with Crippen LogP contribution in [0.5, 0.6) is 0 Å². The predicted octanol–water partition coefficient (Wildman–Crippen LogP) is 3.48. The normalized spacial score (nSPS) is 10.2. The third kappa shape index (κ3) is 2.88. The molecule has 0 fully saturated rings. The van der Waals surface area contributed by atoms with Crippen molar-refractivity contribution in [3.8, 4) is 0 Å². The second-order valence-electron chi connectivity index (χ2n) is 3.72. The fraction of sp³-hybridized carbons (Fsp3) is 0.154. The van der Waals surface area contributed by atoms with Gasteiger partial charge in [0.1, 0.15) is 5.69 Å². The van der Waals surface area contributed by atoms with Crippen LogP contribution in [0, 0.1) is 0 Å². The Bertz CT molecular complexity index is 534. The van der Waals surface area contributed by atoms with Gasteiger partial charge in [0.25, 0.3) is 5.91 Å². The Balaban J connectivity index is 2.11. The van der Waals surface area contributed by atoms with Crippen molar-refractivity contribution in [2.45, 2.75) is 13.3 Å². The highest BCUT2D eigenvalue weighted by atomic mass is 35.5. The highest BCUT2D eigenvalue weighted by Crippen LogP contribution is 2.15. The van der Waals surface area contributed by atoms with E-state index in [9.17, 15) is 4.79 Å². The molecule has 1 heterocycles. The van der Waals surface area contributed by atoms with Gasteiger partial charge in [-0.3, -0.25) is 4.79 Å². The quantitative estimate of drug-likeness (QED) is 0.858. The monoisotopic (exact) mass is 248 g/mol. The molecule has 2 N–H and O–H groups in total. The van der Waals surface area contributed by atoms with E-state index in [1.165, 1.54) is 0 Å². The molecule has 0 spiro atoms. The first-order valence-electron chi connectivity index (χ1n) is 5.44. The highest BCUT2D eigenvalue weighted by molar-refractivity contribution is 6.30. The average Bonchev–Trinajstić information content (AvgIpc) is 2.77. The van der Waals surface area contributed by atoms with Crippen molar-refractivity contribution < 1.29 is 4.79 Å². The summed E-state index contributed by atoms with van der Waals surface area (Å²) in [6, 6.07) is 10.8. The SMILES string of the molecule is CCc1ccc(C(=O)Nc2cccc(Cl)c2)[nH]1. The number of nitrogens with one attached hydrogen (secondary N) is 2. The Hall–Kier alpha value is -1.74. The lowest BCUT2D eigenvalue weighted by atomic mass is 10.3. The Morgan fingerprint density at radius 2 is 2.18 bits per heavy atom. The molecule has 0 saturated carbocycles. The molecule has 0 aliphatic rings. The van der Waals surface area contributed by atoms with E-state index in [1.807, 2.05) is 13.0 Å². The summed E-state index contributed by atoms with van der Waals surface area (Å²) in [6.45, 7) is 2.03. The maximum absolute atomic E-state index is 11.9. The number of aromatic amines is 1. The Morgan fingerprint density at radius 3 is 2.82 bits per heavy atom. The highest BCUT2D eigenvalue weighted by Gasteiger charge is 2.08. The van der Waals surface area contributed by atoms with Crippen LogP contribution in [0.1, 0.15) is 23.1 Å². The number of halogens is 1. The molecule has 0 bridgehead atoms. The van der Waals surface area contributed by atoms with E-state index in [0.29, 0.717) is 16.4 Å². The zero-order valence-electron chi connectivity index (χ0n) is 9.46. The number of rotatable bonds is 3. The lowest BCUT2D eigenvalue weighted by molar-refractivity contribution is 0.102. The molecule has 0 atom stereocenters. The van der Waals surface area contributed by atoms with Gasteiger partial charge in [0.05, 0.1) is 0 Å². The summed E-state index contributed by atoms with van der Waals surface area (Å²) in [5.41, 5.74) is 2.29. The lowest BCUT2D eigenvalue weighted by Crippen LogP contribution is -2.12. The minimum absolute atomic E-state index is 0.160. The number of aromatic nitrogens is 1. The van der Waals surface area contributed by atoms with Crippen LogP contribution in [0.15, 0.2) is 36.4 Å². The van der Waals surface area contributed by atoms with Gasteiger partial charge in [0, 0.05) is 16.4 Å². The van der Waals surface area contributed by atoms with Crippen molar-refractivity contribution in [2.75, 3.05) is 5.32 Å². The maximum Gasteiger partial charge on any atom is 0.272 e. The van der Waals surface area contributed by atoms with E-state index in [-0.39, 0.29) is 5.91 Å². The number of carbonyl (C=O) groups excluding carboxylic acids is 1. The van der Waals surface area contributed by atoms with E-state index < -0.39 is 0 Å². The molecule has 1 amide bonds. The van der Waals surface area contributed by atoms with Gasteiger partial charge in [-0.1, -0.05) is 24.6 Å². The maximum atomic E-state index is 11.9. The first kappa shape index (κ1) is 11.7. The number of carbonyl (C=O) groups is 1. The largest absolute Gasteiger partial charge is 0.354 e. The average molecular weight is 249 g/mol. The van der Waals surface area contributed by atoms with Crippen LogP contribution in [0.2, 0.25) is 5.02 Å². The number of amides is 1. The molecule has 0 unspecified atom stereocenters. The number of hydrogen-bond acceptors (Lipinski definition) is 1. The minimum atomic E-state index is -0.160. The van der Waals surface area contributed by atoms with Crippen molar-refractivity contribution >= 4 is 23.2 Å². The molecule has 0 aliphatic carbocycles. The van der Waals surface area contributed by atoms with Crippen molar-refractivity contribution in [3.63, 3.8) is 0 Å². The first-order valence-corrected chi connectivity index (χ1v) is 5.81. The standard InChI is InChI=1S/C13H13ClN2O/c1-2-10-6-7-12(15-10)13(17)16-11-5-3-4-9(14)8-11/h3-8,15H,2H2,1H3,(H,16,17). The molecule has 4 heteroatoms. The summed E-state index contributed by atoms with van der Waals surface area (Å²) in [7, 11) is 0. The third-order valence-corrected chi connectivity index (χ3v) is 2.69. The van der Waals surface area contributed by atoms with E-state index >= 15 is 0 Å². The zero-order valence-corrected chi connectivity index (χ0v) is 10.2. The van der Waals surface area contributed by atoms with Gasteiger partial charge in [0.2, 0.25) is 0 Å². The van der Waals surface area contributed by atoms with Crippen molar-refractivity contribution in [1.82, 2.24) is 4.98 Å². The summed E-state index contributed by atoms with van der Waals surface area (Å²) in [6.07, 6.45) is 0.879. The van der Waals surface area contributed by atoms with E-state index in [2.05, 4.69) is 10.3 Å². The van der Waals surface area contributed by atoms with Gasteiger partial charge in [-0.15, -0.1) is 0 Å². The third-order valence-electron chi connectivity index (χ3n) is 2.45. The van der Waals surface area contributed by atoms with Gasteiger partial charge in [0.15, 0.2) is 0 Å². The van der Waals surface area contributed by atoms with Gasteiger partial charge >= 0.3 is 0 Å². The number of anilines is 1. The van der Waals surface area contributed by atoms with Gasteiger partial charge < -0.3 is 10.3 Å². The van der Waals surface area contributed by atoms with Crippen molar-refractivity contribution in [2.24, 2.45) is 0 Å². The number of hydrogen-bond donors (Lipinski definition) is 2. The van der Waals surface area contributed by atoms with Crippen LogP contribution in [0.3, 0.4) is 0 Å². The lowest BCUT2D eigenvalue weighted by Gasteiger charge is -2.03. The first-order chi connectivity index (χ1) is 8.19. The molecule has 1 aromatic carbocycles. The summed E-state index contributed by atoms with van der Waals surface area (Å²) in [5, 5.41) is 3.38. The number of benzene rings is 1. The van der Waals surface area contributed by atoms with E-state index in [4.69, 9.17) is 11.6 Å². The van der Waals surface area contributed by atoms with Crippen LogP contribution in [-0.4, -0.2) is 10.9 Å². The summed E-state index contributed by atoms with van der Waals surface area (Å²) in [4.78, 5) is 14.9. The van der Waals surface area contributed by atoms with Crippen LogP contribution >= 0.6 is 11.6 Å². The molecule has 2 rings (SSSR count). The molecule has 0 aliphatic heterocycles. The van der Waals surface area contributed by atoms with E-state index in [1.54, 1.807) is 30.3 Å². The fourth-order valence-electron chi connectivity index (χ4n) is 1.54. The smallest absolute Gasteiger partial charge is 0.272 e. The molecular weight excluding hydrogens is 236 g/mol. The Labute approximate surface area is 105 Å². The van der Waals surface area contributed by atoms with Gasteiger partial charge in [-0.25, -0.2) is 0 Å². The van der Waals surface area contributed by atoms with E-state index in [0.717, 1.165) is 12.1 Å². The van der Waals surface area contributed by atoms with Crippen LogP contribution in [-0.2, 0) is 6.42 Å². The van der Waals surface area contributed by atoms with Gasteiger partial charge in [-0.05, 0) is 36.8 Å². The van der Waals surface area contributed by atoms with Crippen LogP contribution in [0.25, 0.3) is 0 Å². The summed E-state index contributed by atoms with van der Waals surface area (Å²) >= 11 is 5.84. The number of aryl methyl sites for hydroxylation is 1. The van der Waals surface area contributed by atoms with Gasteiger partial charge in [-0.2, -0.15) is 0 Å².